The van der Waals surface area contributed by atoms with E-state index in [1.165, 1.54) is 0 Å². The molecule has 112 valence electrons. The van der Waals surface area contributed by atoms with Crippen molar-refractivity contribution in [3.05, 3.63) is 64.1 Å². The van der Waals surface area contributed by atoms with E-state index in [0.717, 1.165) is 16.8 Å². The SMILES string of the molecule is Cc1cccc(NC(=O)c2c(C)nc3cc(Cl)ccn23)c1C. The van der Waals surface area contributed by atoms with Gasteiger partial charge in [0.05, 0.1) is 5.69 Å². The molecule has 0 fully saturated rings. The van der Waals surface area contributed by atoms with Crippen molar-refractivity contribution in [1.82, 2.24) is 9.38 Å². The highest BCUT2D eigenvalue weighted by Gasteiger charge is 2.17. The van der Waals surface area contributed by atoms with Gasteiger partial charge in [0.2, 0.25) is 0 Å². The number of hydrogen-bond donors (Lipinski definition) is 1. The van der Waals surface area contributed by atoms with E-state index >= 15 is 0 Å². The minimum atomic E-state index is -0.180. The molecule has 4 nitrogen and oxygen atoms in total. The Morgan fingerprint density at radius 1 is 1.23 bits per heavy atom. The third kappa shape index (κ3) is 2.46. The monoisotopic (exact) mass is 313 g/mol. The Hall–Kier alpha value is -2.33. The Bertz CT molecular complexity index is 883. The molecule has 0 saturated carbocycles. The van der Waals surface area contributed by atoms with Crippen molar-refractivity contribution in [3.63, 3.8) is 0 Å². The molecule has 0 aliphatic heterocycles. The lowest BCUT2D eigenvalue weighted by molar-refractivity contribution is 0.102. The average Bonchev–Trinajstić information content (AvgIpc) is 2.78. The second kappa shape index (κ2) is 5.46. The van der Waals surface area contributed by atoms with Gasteiger partial charge < -0.3 is 5.32 Å². The first-order chi connectivity index (χ1) is 10.5. The van der Waals surface area contributed by atoms with Crippen LogP contribution in [0, 0.1) is 20.8 Å². The summed E-state index contributed by atoms with van der Waals surface area (Å²) in [6, 6.07) is 9.33. The zero-order valence-electron chi connectivity index (χ0n) is 12.6. The quantitative estimate of drug-likeness (QED) is 0.772. The highest BCUT2D eigenvalue weighted by atomic mass is 35.5. The predicted molar refractivity (Wildman–Crippen MR) is 88.8 cm³/mol. The third-order valence-corrected chi connectivity index (χ3v) is 4.07. The number of fused-ring (bicyclic) bond motifs is 1. The first kappa shape index (κ1) is 14.6. The molecule has 1 aromatic carbocycles. The van der Waals surface area contributed by atoms with Crippen molar-refractivity contribution < 1.29 is 4.79 Å². The van der Waals surface area contributed by atoms with Gasteiger partial charge in [-0.25, -0.2) is 4.98 Å². The first-order valence-corrected chi connectivity index (χ1v) is 7.37. The summed E-state index contributed by atoms with van der Waals surface area (Å²) in [4.78, 5) is 17.0. The smallest absolute Gasteiger partial charge is 0.274 e. The molecule has 1 N–H and O–H groups in total. The molecule has 0 atom stereocenters. The number of amides is 1. The zero-order valence-corrected chi connectivity index (χ0v) is 13.4. The van der Waals surface area contributed by atoms with Crippen molar-refractivity contribution in [1.29, 1.82) is 0 Å². The molecule has 3 aromatic rings. The Balaban J connectivity index is 2.02. The van der Waals surface area contributed by atoms with Gasteiger partial charge in [0.1, 0.15) is 11.3 Å². The maximum absolute atomic E-state index is 12.7. The second-order valence-corrected chi connectivity index (χ2v) is 5.76. The fourth-order valence-corrected chi connectivity index (χ4v) is 2.63. The molecule has 0 aliphatic rings. The molecular weight excluding hydrogens is 298 g/mol. The number of hydrogen-bond acceptors (Lipinski definition) is 2. The standard InChI is InChI=1S/C17H16ClN3O/c1-10-5-4-6-14(11(10)2)20-17(22)16-12(3)19-15-9-13(18)7-8-21(15)16/h4-9H,1-3H3,(H,20,22). The molecule has 22 heavy (non-hydrogen) atoms. The molecule has 0 saturated heterocycles. The van der Waals surface area contributed by atoms with E-state index in [1.54, 1.807) is 22.7 Å². The molecular formula is C17H16ClN3O. The fourth-order valence-electron chi connectivity index (χ4n) is 2.48. The van der Waals surface area contributed by atoms with Crippen molar-refractivity contribution in [2.75, 3.05) is 5.32 Å². The van der Waals surface area contributed by atoms with Gasteiger partial charge >= 0.3 is 0 Å². The summed E-state index contributed by atoms with van der Waals surface area (Å²) >= 11 is 5.97. The van der Waals surface area contributed by atoms with E-state index in [0.29, 0.717) is 22.1 Å². The van der Waals surface area contributed by atoms with Crippen LogP contribution >= 0.6 is 11.6 Å². The lowest BCUT2D eigenvalue weighted by Gasteiger charge is -2.10. The maximum Gasteiger partial charge on any atom is 0.274 e. The number of carbonyl (C=O) groups is 1. The molecule has 1 amide bonds. The number of halogens is 1. The van der Waals surface area contributed by atoms with Crippen LogP contribution in [0.3, 0.4) is 0 Å². The molecule has 2 heterocycles. The highest BCUT2D eigenvalue weighted by Crippen LogP contribution is 2.21. The van der Waals surface area contributed by atoms with Gasteiger partial charge in [-0.2, -0.15) is 0 Å². The van der Waals surface area contributed by atoms with Crippen LogP contribution in [0.25, 0.3) is 5.65 Å². The summed E-state index contributed by atoms with van der Waals surface area (Å²) in [5.74, 6) is -0.180. The first-order valence-electron chi connectivity index (χ1n) is 6.99. The van der Waals surface area contributed by atoms with E-state index in [-0.39, 0.29) is 5.91 Å². The van der Waals surface area contributed by atoms with E-state index in [4.69, 9.17) is 11.6 Å². The zero-order chi connectivity index (χ0) is 15.9. The average molecular weight is 314 g/mol. The van der Waals surface area contributed by atoms with Crippen LogP contribution in [0.2, 0.25) is 5.02 Å². The molecule has 0 radical (unpaired) electrons. The lowest BCUT2D eigenvalue weighted by Crippen LogP contribution is -2.16. The van der Waals surface area contributed by atoms with E-state index in [9.17, 15) is 4.79 Å². The molecule has 5 heteroatoms. The van der Waals surface area contributed by atoms with Crippen LogP contribution in [0.1, 0.15) is 27.3 Å². The number of imidazole rings is 1. The molecule has 0 aliphatic carbocycles. The summed E-state index contributed by atoms with van der Waals surface area (Å²) in [6.45, 7) is 5.83. The van der Waals surface area contributed by atoms with Crippen molar-refractivity contribution in [2.45, 2.75) is 20.8 Å². The maximum atomic E-state index is 12.7. The number of anilines is 1. The molecule has 0 unspecified atom stereocenters. The van der Waals surface area contributed by atoms with E-state index in [1.807, 2.05) is 39.0 Å². The molecule has 3 rings (SSSR count). The molecule has 0 spiro atoms. The summed E-state index contributed by atoms with van der Waals surface area (Å²) in [5, 5.41) is 3.56. The van der Waals surface area contributed by atoms with Gasteiger partial charge in [-0.05, 0) is 44.0 Å². The van der Waals surface area contributed by atoms with Gasteiger partial charge in [0.15, 0.2) is 0 Å². The summed E-state index contributed by atoms with van der Waals surface area (Å²) in [6.07, 6.45) is 1.76. The van der Waals surface area contributed by atoms with E-state index in [2.05, 4.69) is 10.3 Å². The fraction of sp³-hybridized carbons (Fsp3) is 0.176. The Labute approximate surface area is 133 Å². The second-order valence-electron chi connectivity index (χ2n) is 5.32. The van der Waals surface area contributed by atoms with Crippen molar-refractivity contribution >= 4 is 28.8 Å². The minimum Gasteiger partial charge on any atom is -0.320 e. The molecule has 0 bridgehead atoms. The summed E-state index contributed by atoms with van der Waals surface area (Å²) in [7, 11) is 0. The summed E-state index contributed by atoms with van der Waals surface area (Å²) < 4.78 is 1.75. The van der Waals surface area contributed by atoms with Gasteiger partial charge in [-0.1, -0.05) is 23.7 Å². The predicted octanol–water partition coefficient (Wildman–Crippen LogP) is 4.17. The number of aryl methyl sites for hydroxylation is 2. The van der Waals surface area contributed by atoms with Crippen LogP contribution in [-0.4, -0.2) is 15.3 Å². The summed E-state index contributed by atoms with van der Waals surface area (Å²) in [5.41, 5.74) is 4.87. The number of aromatic nitrogens is 2. The normalized spacial score (nSPS) is 10.9. The van der Waals surface area contributed by atoms with Crippen LogP contribution in [-0.2, 0) is 0 Å². The highest BCUT2D eigenvalue weighted by molar-refractivity contribution is 6.30. The van der Waals surface area contributed by atoms with Crippen LogP contribution < -0.4 is 5.32 Å². The number of rotatable bonds is 2. The Kier molecular flexibility index (Phi) is 3.62. The third-order valence-electron chi connectivity index (χ3n) is 3.83. The van der Waals surface area contributed by atoms with Crippen molar-refractivity contribution in [3.8, 4) is 0 Å². The molecule has 2 aromatic heterocycles. The number of nitrogens with one attached hydrogen (secondary N) is 1. The lowest BCUT2D eigenvalue weighted by atomic mass is 10.1. The Morgan fingerprint density at radius 3 is 2.77 bits per heavy atom. The Morgan fingerprint density at radius 2 is 2.00 bits per heavy atom. The topological polar surface area (TPSA) is 46.4 Å². The van der Waals surface area contributed by atoms with Crippen molar-refractivity contribution in [2.24, 2.45) is 0 Å². The van der Waals surface area contributed by atoms with Gasteiger partial charge in [0, 0.05) is 23.0 Å². The largest absolute Gasteiger partial charge is 0.320 e. The van der Waals surface area contributed by atoms with Gasteiger partial charge in [-0.15, -0.1) is 0 Å². The van der Waals surface area contributed by atoms with Crippen LogP contribution in [0.4, 0.5) is 5.69 Å². The van der Waals surface area contributed by atoms with Gasteiger partial charge in [-0.3, -0.25) is 9.20 Å². The number of nitrogens with zero attached hydrogens (tertiary/aromatic N) is 2. The number of pyridine rings is 1. The van der Waals surface area contributed by atoms with Crippen LogP contribution in [0.15, 0.2) is 36.5 Å². The minimum absolute atomic E-state index is 0.180. The van der Waals surface area contributed by atoms with Crippen LogP contribution in [0.5, 0.6) is 0 Å². The van der Waals surface area contributed by atoms with E-state index < -0.39 is 0 Å². The van der Waals surface area contributed by atoms with Gasteiger partial charge in [0.25, 0.3) is 5.91 Å². The number of benzene rings is 1. The number of carbonyl (C=O) groups excluding carboxylic acids is 1.